The van der Waals surface area contributed by atoms with Crippen LogP contribution in [0.2, 0.25) is 0 Å². The van der Waals surface area contributed by atoms with Crippen molar-refractivity contribution in [3.8, 4) is 0 Å². The highest BCUT2D eigenvalue weighted by Gasteiger charge is 2.23. The van der Waals surface area contributed by atoms with Crippen molar-refractivity contribution in [2.24, 2.45) is 5.73 Å². The van der Waals surface area contributed by atoms with E-state index in [0.717, 1.165) is 36.8 Å². The number of benzene rings is 1. The fourth-order valence-electron chi connectivity index (χ4n) is 2.77. The molecule has 0 saturated heterocycles. The van der Waals surface area contributed by atoms with Crippen LogP contribution in [0.4, 0.5) is 0 Å². The number of aryl methyl sites for hydroxylation is 1. The molecule has 0 amide bonds. The third-order valence-corrected chi connectivity index (χ3v) is 5.57. The van der Waals surface area contributed by atoms with Gasteiger partial charge < -0.3 is 5.73 Å². The normalized spacial score (nSPS) is 17.3. The van der Waals surface area contributed by atoms with Crippen LogP contribution in [0.25, 0.3) is 0 Å². The van der Waals surface area contributed by atoms with Crippen LogP contribution in [-0.4, -0.2) is 14.5 Å². The van der Waals surface area contributed by atoms with Crippen LogP contribution in [-0.2, 0) is 23.0 Å². The van der Waals surface area contributed by atoms with E-state index in [9.17, 15) is 8.42 Å². The first-order valence-electron chi connectivity index (χ1n) is 7.41. The maximum absolute atomic E-state index is 12.6. The van der Waals surface area contributed by atoms with Gasteiger partial charge in [0.25, 0.3) is 0 Å². The number of nitrogens with one attached hydrogen (secondary N) is 1. The minimum absolute atomic E-state index is 0.0833. The van der Waals surface area contributed by atoms with Crippen molar-refractivity contribution in [1.82, 2.24) is 4.72 Å². The first-order chi connectivity index (χ1) is 9.56. The average molecular weight is 296 g/mol. The number of hydrogen-bond acceptors (Lipinski definition) is 3. The molecule has 0 bridgehead atoms. The molecule has 0 aliphatic heterocycles. The third kappa shape index (κ3) is 3.59. The van der Waals surface area contributed by atoms with Gasteiger partial charge in [0, 0.05) is 12.6 Å². The van der Waals surface area contributed by atoms with Crippen LogP contribution >= 0.6 is 0 Å². The molecule has 0 radical (unpaired) electrons. The van der Waals surface area contributed by atoms with Gasteiger partial charge in [-0.1, -0.05) is 38.3 Å². The predicted molar refractivity (Wildman–Crippen MR) is 80.9 cm³/mol. The molecule has 1 aliphatic rings. The molecule has 0 unspecified atom stereocenters. The Labute approximate surface area is 121 Å². The van der Waals surface area contributed by atoms with Crippen molar-refractivity contribution in [3.05, 3.63) is 29.3 Å². The minimum atomic E-state index is -3.44. The number of hydrogen-bond donors (Lipinski definition) is 2. The van der Waals surface area contributed by atoms with E-state index in [0.29, 0.717) is 17.9 Å². The molecule has 0 aromatic heterocycles. The zero-order chi connectivity index (χ0) is 14.6. The van der Waals surface area contributed by atoms with Crippen LogP contribution < -0.4 is 10.5 Å². The van der Waals surface area contributed by atoms with E-state index in [1.54, 1.807) is 6.07 Å². The van der Waals surface area contributed by atoms with Crippen LogP contribution in [0.1, 0.15) is 50.2 Å². The van der Waals surface area contributed by atoms with Gasteiger partial charge in [0.1, 0.15) is 0 Å². The standard InChI is InChI=1S/C15H24N2O2S/c1-2-13-9-8-12(11-16)10-15(13)20(18,19)17-14-6-4-3-5-7-14/h8-10,14,17H,2-7,11,16H2,1H3. The van der Waals surface area contributed by atoms with E-state index in [1.165, 1.54) is 6.42 Å². The molecule has 5 heteroatoms. The summed E-state index contributed by atoms with van der Waals surface area (Å²) < 4.78 is 28.1. The number of nitrogens with two attached hydrogens (primary N) is 1. The summed E-state index contributed by atoms with van der Waals surface area (Å²) in [6.07, 6.45) is 6.01. The average Bonchev–Trinajstić information content (AvgIpc) is 2.47. The first kappa shape index (κ1) is 15.5. The summed E-state index contributed by atoms with van der Waals surface area (Å²) in [6, 6.07) is 5.57. The molecule has 112 valence electrons. The van der Waals surface area contributed by atoms with Gasteiger partial charge in [0.2, 0.25) is 10.0 Å². The van der Waals surface area contributed by atoms with E-state index >= 15 is 0 Å². The molecular weight excluding hydrogens is 272 g/mol. The second-order valence-electron chi connectivity index (χ2n) is 5.46. The lowest BCUT2D eigenvalue weighted by atomic mass is 9.96. The lowest BCUT2D eigenvalue weighted by molar-refractivity contribution is 0.412. The summed E-state index contributed by atoms with van der Waals surface area (Å²) >= 11 is 0. The van der Waals surface area contributed by atoms with Crippen molar-refractivity contribution >= 4 is 10.0 Å². The lowest BCUT2D eigenvalue weighted by Gasteiger charge is -2.23. The van der Waals surface area contributed by atoms with Crippen molar-refractivity contribution in [2.45, 2.75) is 62.9 Å². The Morgan fingerprint density at radius 2 is 1.95 bits per heavy atom. The quantitative estimate of drug-likeness (QED) is 0.876. The highest BCUT2D eigenvalue weighted by Crippen LogP contribution is 2.22. The molecule has 1 aliphatic carbocycles. The van der Waals surface area contributed by atoms with E-state index in [1.807, 2.05) is 19.1 Å². The Hall–Kier alpha value is -0.910. The van der Waals surface area contributed by atoms with Crippen LogP contribution in [0.3, 0.4) is 0 Å². The lowest BCUT2D eigenvalue weighted by Crippen LogP contribution is -2.36. The van der Waals surface area contributed by atoms with E-state index in [-0.39, 0.29) is 6.04 Å². The fourth-order valence-corrected chi connectivity index (χ4v) is 4.44. The molecule has 0 heterocycles. The molecule has 4 nitrogen and oxygen atoms in total. The third-order valence-electron chi connectivity index (χ3n) is 3.96. The van der Waals surface area contributed by atoms with Gasteiger partial charge in [-0.2, -0.15) is 0 Å². The maximum atomic E-state index is 12.6. The highest BCUT2D eigenvalue weighted by molar-refractivity contribution is 7.89. The maximum Gasteiger partial charge on any atom is 0.241 e. The SMILES string of the molecule is CCc1ccc(CN)cc1S(=O)(=O)NC1CCCCC1. The molecule has 1 aromatic carbocycles. The van der Waals surface area contributed by atoms with Crippen molar-refractivity contribution < 1.29 is 8.42 Å². The molecule has 0 spiro atoms. The van der Waals surface area contributed by atoms with Crippen LogP contribution in [0.5, 0.6) is 0 Å². The molecule has 3 N–H and O–H groups in total. The fraction of sp³-hybridized carbons (Fsp3) is 0.600. The zero-order valence-electron chi connectivity index (χ0n) is 12.1. The van der Waals surface area contributed by atoms with Gasteiger partial charge in [-0.15, -0.1) is 0 Å². The Kier molecular flexibility index (Phi) is 5.18. The molecule has 20 heavy (non-hydrogen) atoms. The smallest absolute Gasteiger partial charge is 0.241 e. The van der Waals surface area contributed by atoms with Crippen molar-refractivity contribution in [1.29, 1.82) is 0 Å². The van der Waals surface area contributed by atoms with E-state index in [4.69, 9.17) is 5.73 Å². The van der Waals surface area contributed by atoms with Crippen molar-refractivity contribution in [3.63, 3.8) is 0 Å². The summed E-state index contributed by atoms with van der Waals surface area (Å²) in [7, 11) is -3.44. The molecule has 1 fully saturated rings. The van der Waals surface area contributed by atoms with E-state index in [2.05, 4.69) is 4.72 Å². The van der Waals surface area contributed by atoms with Gasteiger partial charge in [-0.25, -0.2) is 13.1 Å². The Morgan fingerprint density at radius 3 is 2.55 bits per heavy atom. The van der Waals surface area contributed by atoms with Gasteiger partial charge in [0.15, 0.2) is 0 Å². The van der Waals surface area contributed by atoms with Gasteiger partial charge >= 0.3 is 0 Å². The van der Waals surface area contributed by atoms with Crippen LogP contribution in [0.15, 0.2) is 23.1 Å². The largest absolute Gasteiger partial charge is 0.326 e. The van der Waals surface area contributed by atoms with Gasteiger partial charge in [-0.3, -0.25) is 0 Å². The number of rotatable bonds is 5. The molecule has 0 atom stereocenters. The zero-order valence-corrected chi connectivity index (χ0v) is 12.9. The Morgan fingerprint density at radius 1 is 1.25 bits per heavy atom. The summed E-state index contributed by atoms with van der Waals surface area (Å²) in [5, 5.41) is 0. The van der Waals surface area contributed by atoms with E-state index < -0.39 is 10.0 Å². The monoisotopic (exact) mass is 296 g/mol. The molecular formula is C15H24N2O2S. The van der Waals surface area contributed by atoms with Gasteiger partial charge in [-0.05, 0) is 36.5 Å². The summed E-state index contributed by atoms with van der Waals surface area (Å²) in [5.74, 6) is 0. The van der Waals surface area contributed by atoms with Gasteiger partial charge in [0.05, 0.1) is 4.90 Å². The number of sulfonamides is 1. The topological polar surface area (TPSA) is 72.2 Å². The first-order valence-corrected chi connectivity index (χ1v) is 8.89. The second kappa shape index (κ2) is 6.70. The van der Waals surface area contributed by atoms with Crippen LogP contribution in [0, 0.1) is 0 Å². The summed E-state index contributed by atoms with van der Waals surface area (Å²) in [4.78, 5) is 0.397. The predicted octanol–water partition coefficient (Wildman–Crippen LogP) is 2.32. The highest BCUT2D eigenvalue weighted by atomic mass is 32.2. The van der Waals surface area contributed by atoms with Crippen molar-refractivity contribution in [2.75, 3.05) is 0 Å². The second-order valence-corrected chi connectivity index (χ2v) is 7.14. The summed E-state index contributed by atoms with van der Waals surface area (Å²) in [6.45, 7) is 2.33. The molecule has 1 aromatic rings. The Bertz CT molecular complexity index is 549. The Balaban J connectivity index is 2.27. The molecule has 1 saturated carbocycles. The molecule has 2 rings (SSSR count). The minimum Gasteiger partial charge on any atom is -0.326 e. The summed E-state index contributed by atoms with van der Waals surface area (Å²) in [5.41, 5.74) is 7.33.